The van der Waals surface area contributed by atoms with Gasteiger partial charge in [-0.25, -0.2) is 9.98 Å². The van der Waals surface area contributed by atoms with E-state index in [1.807, 2.05) is 75.4 Å². The number of ether oxygens (including phenoxy) is 5. The van der Waals surface area contributed by atoms with Crippen LogP contribution in [0.15, 0.2) is 114 Å². The first-order chi connectivity index (χ1) is 35.2. The molecule has 5 aromatic rings. The molecule has 0 bridgehead atoms. The van der Waals surface area contributed by atoms with Gasteiger partial charge < -0.3 is 43.9 Å². The lowest BCUT2D eigenvalue weighted by Crippen LogP contribution is -2.43. The highest BCUT2D eigenvalue weighted by molar-refractivity contribution is 7.10. The molecule has 2 N–H and O–H groups in total. The van der Waals surface area contributed by atoms with E-state index < -0.39 is 17.4 Å². The molecule has 0 unspecified atom stereocenters. The van der Waals surface area contributed by atoms with Crippen LogP contribution < -0.4 is 14.8 Å². The molecular weight excluding hydrogens is 947 g/mol. The molecule has 15 nitrogen and oxygen atoms in total. The summed E-state index contributed by atoms with van der Waals surface area (Å²) in [6.45, 7) is 12.4. The van der Waals surface area contributed by atoms with Gasteiger partial charge in [0.05, 0.1) is 51.7 Å². The molecule has 2 heterocycles. The van der Waals surface area contributed by atoms with Crippen molar-refractivity contribution in [1.29, 1.82) is 0 Å². The number of amides is 3. The number of hydrogen-bond donors (Lipinski definition) is 2. The van der Waals surface area contributed by atoms with E-state index in [1.165, 1.54) is 16.9 Å². The Bertz CT molecular complexity index is 2660. The van der Waals surface area contributed by atoms with E-state index >= 15 is 0 Å². The Morgan fingerprint density at radius 1 is 0.808 bits per heavy atom. The number of likely N-dealkylation sites (tertiary alicyclic amines) is 1. The van der Waals surface area contributed by atoms with E-state index in [0.29, 0.717) is 74.6 Å². The van der Waals surface area contributed by atoms with Crippen molar-refractivity contribution in [1.82, 2.24) is 20.1 Å². The number of phenols is 1. The molecule has 1 fully saturated rings. The monoisotopic (exact) mass is 1020 g/mol. The lowest BCUT2D eigenvalue weighted by molar-refractivity contribution is -0.135. The minimum absolute atomic E-state index is 0.0776. The van der Waals surface area contributed by atoms with Gasteiger partial charge in [0.1, 0.15) is 53.5 Å². The second kappa shape index (κ2) is 27.5. The Hall–Kier alpha value is -6.56. The van der Waals surface area contributed by atoms with Gasteiger partial charge in [-0.15, -0.1) is 11.3 Å². The molecule has 1 saturated heterocycles. The summed E-state index contributed by atoms with van der Waals surface area (Å²) in [7, 11) is 3.39. The van der Waals surface area contributed by atoms with Crippen LogP contribution in [-0.4, -0.2) is 135 Å². The number of ketones is 1. The summed E-state index contributed by atoms with van der Waals surface area (Å²) in [5, 5.41) is 15.2. The standard InChI is InChI=1S/C57H69N5O10S/c1-8-47(40-14-10-9-11-15-40)51(41-19-23-44(63)24-20-41)42-21-25-45(26-22-42)71-29-28-61(7)50(64)37-70-33-32-68-30-31-69-34-35-72-46-17-12-16-43(36-46)52(65)48-38-73-55(59-48)49-18-13-27-62(49)56(67)53(57(3,4)5)60-54(66)39(2)58-6/h9-12,14-17,19-26,36,38-39,49,58,63H,8,13,18,27-35,37H2,1-7H3/b51-47-,60-53?/t39-,49-/m0/s1. The molecule has 0 saturated carbocycles. The molecule has 16 heteroatoms. The highest BCUT2D eigenvalue weighted by Crippen LogP contribution is 2.37. The number of aromatic hydroxyl groups is 1. The largest absolute Gasteiger partial charge is 0.508 e. The maximum atomic E-state index is 13.9. The molecule has 388 valence electrons. The van der Waals surface area contributed by atoms with Crippen molar-refractivity contribution in [2.24, 2.45) is 10.4 Å². The fraction of sp³-hybridized carbons (Fsp3) is 0.404. The van der Waals surface area contributed by atoms with E-state index in [1.54, 1.807) is 72.6 Å². The summed E-state index contributed by atoms with van der Waals surface area (Å²) >= 11 is 1.34. The summed E-state index contributed by atoms with van der Waals surface area (Å²) in [6, 6.07) is 31.6. The van der Waals surface area contributed by atoms with Crippen molar-refractivity contribution < 1.29 is 48.0 Å². The molecule has 1 aromatic heterocycles. The van der Waals surface area contributed by atoms with E-state index in [4.69, 9.17) is 28.7 Å². The average molecular weight is 1020 g/mol. The zero-order chi connectivity index (χ0) is 52.3. The van der Waals surface area contributed by atoms with E-state index in [9.17, 15) is 24.3 Å². The Balaban J connectivity index is 0.846. The van der Waals surface area contributed by atoms with Crippen LogP contribution >= 0.6 is 11.3 Å². The van der Waals surface area contributed by atoms with Crippen LogP contribution in [0, 0.1) is 5.41 Å². The zero-order valence-corrected chi connectivity index (χ0v) is 43.9. The van der Waals surface area contributed by atoms with Crippen LogP contribution in [0.3, 0.4) is 0 Å². The van der Waals surface area contributed by atoms with Gasteiger partial charge in [-0.2, -0.15) is 0 Å². The Labute approximate surface area is 433 Å². The topological polar surface area (TPSA) is 178 Å². The molecule has 4 aromatic carbocycles. The first-order valence-corrected chi connectivity index (χ1v) is 25.7. The Morgan fingerprint density at radius 3 is 2.10 bits per heavy atom. The molecular formula is C57H69N5O10S. The van der Waals surface area contributed by atoms with E-state index in [0.717, 1.165) is 35.1 Å². The van der Waals surface area contributed by atoms with Crippen LogP contribution in [0.1, 0.15) is 97.7 Å². The molecule has 3 amide bonds. The number of nitrogens with one attached hydrogen (secondary N) is 1. The third-order valence-corrected chi connectivity index (χ3v) is 13.2. The van der Waals surface area contributed by atoms with Gasteiger partial charge in [0, 0.05) is 30.0 Å². The van der Waals surface area contributed by atoms with Crippen LogP contribution in [0.25, 0.3) is 11.1 Å². The Kier molecular flexibility index (Phi) is 21.0. The van der Waals surface area contributed by atoms with Gasteiger partial charge in [-0.05, 0) is 97.5 Å². The lowest BCUT2D eigenvalue weighted by atomic mass is 9.88. The molecule has 6 rings (SSSR count). The molecule has 0 spiro atoms. The van der Waals surface area contributed by atoms with E-state index in [-0.39, 0.29) is 60.6 Å². The van der Waals surface area contributed by atoms with Crippen molar-refractivity contribution >= 4 is 51.7 Å². The third kappa shape index (κ3) is 16.0. The number of rotatable bonds is 26. The van der Waals surface area contributed by atoms with Crippen molar-refractivity contribution in [3.8, 4) is 17.2 Å². The first-order valence-electron chi connectivity index (χ1n) is 24.8. The Morgan fingerprint density at radius 2 is 1.44 bits per heavy atom. The zero-order valence-electron chi connectivity index (χ0n) is 43.1. The highest BCUT2D eigenvalue weighted by atomic mass is 32.1. The SMILES string of the molecule is CC/C(=C(\c1ccc(O)cc1)c1ccc(OCCN(C)C(=O)COCCOCCOCCOc2cccc(C(=O)c3csc([C@@H]4CCCN4C(=O)C(=NC(=O)[C@H](C)NC)C(C)(C)C)n3)c2)cc1)c1ccccc1. The number of phenolic OH excluding ortho intramolecular Hbond substituents is 1. The molecule has 2 atom stereocenters. The maximum Gasteiger partial charge on any atom is 0.269 e. The minimum Gasteiger partial charge on any atom is -0.508 e. The average Bonchev–Trinajstić information content (AvgIpc) is 4.10. The lowest BCUT2D eigenvalue weighted by Gasteiger charge is -2.28. The number of thiazole rings is 1. The number of aliphatic imine (C=N–C) groups is 1. The number of nitrogens with zero attached hydrogens (tertiary/aromatic N) is 4. The van der Waals surface area contributed by atoms with Crippen LogP contribution in [0.5, 0.6) is 17.2 Å². The number of aromatic nitrogens is 1. The normalized spacial score (nSPS) is 14.6. The number of hydrogen-bond acceptors (Lipinski definition) is 13. The summed E-state index contributed by atoms with van der Waals surface area (Å²) < 4.78 is 28.7. The quantitative estimate of drug-likeness (QED) is 0.0233. The number of carbonyl (C=O) groups excluding carboxylic acids is 4. The smallest absolute Gasteiger partial charge is 0.269 e. The second-order valence-electron chi connectivity index (χ2n) is 18.6. The summed E-state index contributed by atoms with van der Waals surface area (Å²) in [5.41, 5.74) is 5.71. The highest BCUT2D eigenvalue weighted by Gasteiger charge is 2.38. The minimum atomic E-state index is -0.660. The van der Waals surface area contributed by atoms with Gasteiger partial charge in [0.2, 0.25) is 11.7 Å². The number of benzene rings is 4. The van der Waals surface area contributed by atoms with Crippen molar-refractivity contribution in [2.45, 2.75) is 66.0 Å². The maximum absolute atomic E-state index is 13.9. The summed E-state index contributed by atoms with van der Waals surface area (Å²) in [6.07, 6.45) is 2.28. The first kappa shape index (κ1) is 55.7. The molecule has 1 aliphatic heterocycles. The fourth-order valence-corrected chi connectivity index (χ4v) is 9.01. The van der Waals surface area contributed by atoms with Crippen molar-refractivity contribution in [3.05, 3.63) is 141 Å². The number of carbonyl (C=O) groups is 4. The predicted molar refractivity (Wildman–Crippen MR) is 284 cm³/mol. The predicted octanol–water partition coefficient (Wildman–Crippen LogP) is 8.70. The molecule has 1 aliphatic rings. The molecule has 0 aliphatic carbocycles. The van der Waals surface area contributed by atoms with Gasteiger partial charge in [-0.1, -0.05) is 94.4 Å². The van der Waals surface area contributed by atoms with Crippen molar-refractivity contribution in [2.75, 3.05) is 80.0 Å². The molecule has 0 radical (unpaired) electrons. The number of allylic oxidation sites excluding steroid dienone is 1. The van der Waals surface area contributed by atoms with Crippen molar-refractivity contribution in [3.63, 3.8) is 0 Å². The third-order valence-electron chi connectivity index (χ3n) is 12.3. The second-order valence-corrected chi connectivity index (χ2v) is 19.5. The van der Waals surface area contributed by atoms with Gasteiger partial charge in [0.15, 0.2) is 0 Å². The molecule has 73 heavy (non-hydrogen) atoms. The summed E-state index contributed by atoms with van der Waals surface area (Å²) in [4.78, 5) is 65.1. The summed E-state index contributed by atoms with van der Waals surface area (Å²) in [5.74, 6) is 0.298. The van der Waals surface area contributed by atoms with Crippen LogP contribution in [-0.2, 0) is 28.6 Å². The fourth-order valence-electron chi connectivity index (χ4n) is 8.07. The van der Waals surface area contributed by atoms with Gasteiger partial charge in [0.25, 0.3) is 11.8 Å². The van der Waals surface area contributed by atoms with Crippen LogP contribution in [0.4, 0.5) is 0 Å². The van der Waals surface area contributed by atoms with Crippen LogP contribution in [0.2, 0.25) is 0 Å². The van der Waals surface area contributed by atoms with E-state index in [2.05, 4.69) is 29.4 Å². The van der Waals surface area contributed by atoms with Gasteiger partial charge in [-0.3, -0.25) is 19.2 Å². The number of likely N-dealkylation sites (N-methyl/N-ethyl adjacent to an activating group) is 2. The van der Waals surface area contributed by atoms with Gasteiger partial charge >= 0.3 is 0 Å².